The van der Waals surface area contributed by atoms with E-state index in [2.05, 4.69) is 10.2 Å². The molecule has 0 fully saturated rings. The van der Waals surface area contributed by atoms with E-state index in [4.69, 9.17) is 23.1 Å². The van der Waals surface area contributed by atoms with Gasteiger partial charge in [0.15, 0.2) is 0 Å². The van der Waals surface area contributed by atoms with Crippen LogP contribution in [0.5, 0.6) is 0 Å². The first-order valence-electron chi connectivity index (χ1n) is 7.24. The van der Waals surface area contributed by atoms with Crippen molar-refractivity contribution in [2.75, 3.05) is 21.7 Å². The second-order valence-corrected chi connectivity index (χ2v) is 5.88. The van der Waals surface area contributed by atoms with E-state index in [0.29, 0.717) is 16.4 Å². The maximum absolute atomic E-state index is 6.40. The van der Waals surface area contributed by atoms with E-state index in [9.17, 15) is 0 Å². The van der Waals surface area contributed by atoms with Gasteiger partial charge in [0.05, 0.1) is 27.8 Å². The molecule has 0 bridgehead atoms. The van der Waals surface area contributed by atoms with Crippen molar-refractivity contribution in [3.05, 3.63) is 65.7 Å². The van der Waals surface area contributed by atoms with E-state index in [1.165, 1.54) is 0 Å². The molecule has 0 unspecified atom stereocenters. The Bertz CT molecular complexity index is 893. The Kier molecular flexibility index (Phi) is 3.06. The molecule has 0 radical (unpaired) electrons. The monoisotopic (exact) mass is 322 g/mol. The predicted molar refractivity (Wildman–Crippen MR) is 98.2 cm³/mol. The summed E-state index contributed by atoms with van der Waals surface area (Å²) in [6.07, 6.45) is 0. The van der Waals surface area contributed by atoms with Gasteiger partial charge in [0.25, 0.3) is 0 Å². The highest BCUT2D eigenvalue weighted by Gasteiger charge is 2.26. The van der Waals surface area contributed by atoms with E-state index in [1.54, 1.807) is 6.07 Å². The van der Waals surface area contributed by atoms with Crippen LogP contribution in [0.25, 0.3) is 0 Å². The molecule has 114 valence electrons. The first-order valence-corrected chi connectivity index (χ1v) is 7.62. The second-order valence-electron chi connectivity index (χ2n) is 5.47. The van der Waals surface area contributed by atoms with Crippen molar-refractivity contribution in [3.63, 3.8) is 0 Å². The molecule has 4 nitrogen and oxygen atoms in total. The largest absolute Gasteiger partial charge is 0.399 e. The third-order valence-corrected chi connectivity index (χ3v) is 4.17. The molecule has 0 aliphatic carbocycles. The summed E-state index contributed by atoms with van der Waals surface area (Å²) in [5.41, 5.74) is 18.0. The molecule has 0 spiro atoms. The highest BCUT2D eigenvalue weighted by Crippen LogP contribution is 2.51. The summed E-state index contributed by atoms with van der Waals surface area (Å²) in [4.78, 5) is 2.11. The maximum Gasteiger partial charge on any atom is 0.0820 e. The molecule has 1 aliphatic heterocycles. The molecule has 3 aromatic rings. The molecule has 0 aromatic heterocycles. The van der Waals surface area contributed by atoms with Crippen LogP contribution in [0.3, 0.4) is 0 Å². The second kappa shape index (κ2) is 5.11. The number of benzene rings is 3. The van der Waals surface area contributed by atoms with Crippen LogP contribution in [0.2, 0.25) is 5.02 Å². The molecular weight excluding hydrogens is 308 g/mol. The van der Waals surface area contributed by atoms with Crippen molar-refractivity contribution in [2.24, 2.45) is 0 Å². The average Bonchev–Trinajstić information content (AvgIpc) is 2.54. The molecule has 1 heterocycles. The van der Waals surface area contributed by atoms with Gasteiger partial charge in [-0.1, -0.05) is 29.8 Å². The Morgan fingerprint density at radius 3 is 2.35 bits per heavy atom. The number of halogens is 1. The van der Waals surface area contributed by atoms with Crippen LogP contribution in [-0.4, -0.2) is 0 Å². The normalized spacial score (nSPS) is 12.3. The lowest BCUT2D eigenvalue weighted by molar-refractivity contribution is 1.25. The fourth-order valence-corrected chi connectivity index (χ4v) is 3.14. The molecule has 0 amide bonds. The summed E-state index contributed by atoms with van der Waals surface area (Å²) >= 11 is 6.40. The van der Waals surface area contributed by atoms with Crippen LogP contribution in [-0.2, 0) is 0 Å². The molecule has 3 aromatic carbocycles. The number of nitrogens with one attached hydrogen (secondary N) is 1. The van der Waals surface area contributed by atoms with Crippen LogP contribution in [0.1, 0.15) is 0 Å². The summed E-state index contributed by atoms with van der Waals surface area (Å²) in [5, 5.41) is 3.96. The van der Waals surface area contributed by atoms with Gasteiger partial charge in [-0.3, -0.25) is 0 Å². The van der Waals surface area contributed by atoms with Crippen LogP contribution >= 0.6 is 11.6 Å². The summed E-state index contributed by atoms with van der Waals surface area (Å²) in [6, 6.07) is 19.5. The number of anilines is 7. The Morgan fingerprint density at radius 2 is 1.57 bits per heavy atom. The Hall–Kier alpha value is -2.85. The van der Waals surface area contributed by atoms with Gasteiger partial charge in [-0.25, -0.2) is 0 Å². The zero-order chi connectivity index (χ0) is 16.0. The zero-order valence-corrected chi connectivity index (χ0v) is 13.0. The zero-order valence-electron chi connectivity index (χ0n) is 12.3. The van der Waals surface area contributed by atoms with E-state index in [0.717, 1.165) is 28.4 Å². The Labute approximate surface area is 139 Å². The van der Waals surface area contributed by atoms with E-state index < -0.39 is 0 Å². The number of rotatable bonds is 1. The minimum absolute atomic E-state index is 0.586. The molecule has 23 heavy (non-hydrogen) atoms. The number of hydrogen-bond donors (Lipinski definition) is 3. The van der Waals surface area contributed by atoms with E-state index in [-0.39, 0.29) is 0 Å². The molecule has 0 saturated carbocycles. The lowest BCUT2D eigenvalue weighted by Gasteiger charge is -2.34. The third kappa shape index (κ3) is 2.24. The Balaban J connectivity index is 2.02. The first-order chi connectivity index (χ1) is 11.1. The number of nitrogens with zero attached hydrogens (tertiary/aromatic N) is 1. The summed E-state index contributed by atoms with van der Waals surface area (Å²) < 4.78 is 0. The van der Waals surface area contributed by atoms with Crippen LogP contribution in [0.4, 0.5) is 39.8 Å². The van der Waals surface area contributed by atoms with Crippen molar-refractivity contribution in [1.82, 2.24) is 0 Å². The van der Waals surface area contributed by atoms with Crippen molar-refractivity contribution < 1.29 is 0 Å². The van der Waals surface area contributed by atoms with Gasteiger partial charge >= 0.3 is 0 Å². The fourth-order valence-electron chi connectivity index (χ4n) is 2.87. The minimum Gasteiger partial charge on any atom is -0.399 e. The molecule has 5 N–H and O–H groups in total. The van der Waals surface area contributed by atoms with E-state index >= 15 is 0 Å². The number of nitrogen functional groups attached to an aromatic ring is 2. The summed E-state index contributed by atoms with van der Waals surface area (Å²) in [5.74, 6) is 0. The summed E-state index contributed by atoms with van der Waals surface area (Å²) in [7, 11) is 0. The van der Waals surface area contributed by atoms with Crippen molar-refractivity contribution >= 4 is 51.4 Å². The Morgan fingerprint density at radius 1 is 0.826 bits per heavy atom. The fraction of sp³-hybridized carbons (Fsp3) is 0. The average molecular weight is 323 g/mol. The van der Waals surface area contributed by atoms with Crippen molar-refractivity contribution in [3.8, 4) is 0 Å². The number of hydrogen-bond acceptors (Lipinski definition) is 4. The van der Waals surface area contributed by atoms with Gasteiger partial charge in [-0.15, -0.1) is 0 Å². The molecule has 5 heteroatoms. The van der Waals surface area contributed by atoms with Crippen molar-refractivity contribution in [1.29, 1.82) is 0 Å². The van der Waals surface area contributed by atoms with Crippen LogP contribution in [0.15, 0.2) is 60.7 Å². The SMILES string of the molecule is Nc1ccc2c(c1)N(c1ccccc1)c1cc(N)cc(Cl)c1N2. The third-order valence-electron chi connectivity index (χ3n) is 3.87. The molecule has 1 aliphatic rings. The standard InChI is InChI=1S/C18H15ClN4/c19-14-8-12(21)10-17-18(14)22-15-7-6-11(20)9-16(15)23(17)13-4-2-1-3-5-13/h1-10,22H,20-21H2. The smallest absolute Gasteiger partial charge is 0.0820 e. The van der Waals surface area contributed by atoms with Gasteiger partial charge in [-0.2, -0.15) is 0 Å². The molecule has 0 saturated heterocycles. The van der Waals surface area contributed by atoms with Crippen LogP contribution < -0.4 is 21.7 Å². The van der Waals surface area contributed by atoms with Gasteiger partial charge in [-0.05, 0) is 42.5 Å². The predicted octanol–water partition coefficient (Wildman–Crippen LogP) is 5.03. The van der Waals surface area contributed by atoms with Gasteiger partial charge < -0.3 is 21.7 Å². The molecule has 0 atom stereocenters. The first kappa shape index (κ1) is 13.8. The lowest BCUT2D eigenvalue weighted by atomic mass is 10.1. The maximum atomic E-state index is 6.40. The lowest BCUT2D eigenvalue weighted by Crippen LogP contribution is -2.18. The quantitative estimate of drug-likeness (QED) is 0.430. The topological polar surface area (TPSA) is 67.3 Å². The minimum atomic E-state index is 0.586. The number of nitrogens with two attached hydrogens (primary N) is 2. The van der Waals surface area contributed by atoms with Crippen LogP contribution in [0, 0.1) is 0 Å². The van der Waals surface area contributed by atoms with Gasteiger partial charge in [0.1, 0.15) is 0 Å². The number of para-hydroxylation sites is 1. The molecule has 4 rings (SSSR count). The van der Waals surface area contributed by atoms with Crippen molar-refractivity contribution in [2.45, 2.75) is 0 Å². The van der Waals surface area contributed by atoms with Gasteiger partial charge in [0.2, 0.25) is 0 Å². The highest BCUT2D eigenvalue weighted by atomic mass is 35.5. The summed E-state index contributed by atoms with van der Waals surface area (Å²) in [6.45, 7) is 0. The highest BCUT2D eigenvalue weighted by molar-refractivity contribution is 6.35. The molecular formula is C18H15ClN4. The van der Waals surface area contributed by atoms with Gasteiger partial charge in [0, 0.05) is 17.1 Å². The number of fused-ring (bicyclic) bond motifs is 2. The van der Waals surface area contributed by atoms with E-state index in [1.807, 2.05) is 54.6 Å².